The number of amides is 1. The van der Waals surface area contributed by atoms with Crippen molar-refractivity contribution in [1.82, 2.24) is 10.3 Å². The maximum Gasteiger partial charge on any atom is 0.416 e. The molecule has 0 bridgehead atoms. The lowest BCUT2D eigenvalue weighted by atomic mass is 10.1. The molecular weight excluding hydrogens is 417 g/mol. The Bertz CT molecular complexity index is 1200. The van der Waals surface area contributed by atoms with Crippen LogP contribution < -0.4 is 10.1 Å². The molecule has 0 spiro atoms. The highest BCUT2D eigenvalue weighted by Gasteiger charge is 2.30. The smallest absolute Gasteiger partial charge is 0.416 e. The zero-order chi connectivity index (χ0) is 22.6. The summed E-state index contributed by atoms with van der Waals surface area (Å²) >= 11 is 0. The van der Waals surface area contributed by atoms with Crippen LogP contribution in [-0.2, 0) is 19.2 Å². The number of halogens is 3. The standard InChI is InChI=1S/C25H21F3N2O2/c26-25(27,28)20-8-6-18(7-9-20)24(31)29-13-12-19-15-30-23-14-21(10-11-22(19)23)32-16-17-4-2-1-3-5-17/h1-11,14-15,30H,12-13,16H2,(H,29,31). The van der Waals surface area contributed by atoms with Crippen molar-refractivity contribution in [2.75, 3.05) is 6.54 Å². The molecule has 164 valence electrons. The zero-order valence-corrected chi connectivity index (χ0v) is 17.1. The van der Waals surface area contributed by atoms with Crippen LogP contribution in [0.4, 0.5) is 13.2 Å². The van der Waals surface area contributed by atoms with Crippen molar-refractivity contribution in [3.8, 4) is 5.75 Å². The molecule has 0 radical (unpaired) electrons. The van der Waals surface area contributed by atoms with Crippen LogP contribution in [0, 0.1) is 0 Å². The maximum absolute atomic E-state index is 12.6. The molecule has 0 saturated carbocycles. The minimum Gasteiger partial charge on any atom is -0.489 e. The van der Waals surface area contributed by atoms with Gasteiger partial charge in [-0.1, -0.05) is 30.3 Å². The molecule has 0 aliphatic carbocycles. The topological polar surface area (TPSA) is 54.1 Å². The van der Waals surface area contributed by atoms with Crippen LogP contribution in [0.1, 0.15) is 27.0 Å². The second kappa shape index (κ2) is 9.18. The van der Waals surface area contributed by atoms with Gasteiger partial charge in [-0.3, -0.25) is 4.79 Å². The van der Waals surface area contributed by atoms with E-state index in [1.54, 1.807) is 0 Å². The van der Waals surface area contributed by atoms with E-state index < -0.39 is 17.6 Å². The first-order valence-corrected chi connectivity index (χ1v) is 10.1. The van der Waals surface area contributed by atoms with Crippen molar-refractivity contribution in [2.45, 2.75) is 19.2 Å². The van der Waals surface area contributed by atoms with Crippen molar-refractivity contribution in [3.05, 3.63) is 101 Å². The van der Waals surface area contributed by atoms with Gasteiger partial charge in [-0.15, -0.1) is 0 Å². The number of alkyl halides is 3. The second-order valence-corrected chi connectivity index (χ2v) is 7.38. The van der Waals surface area contributed by atoms with Gasteiger partial charge in [0.2, 0.25) is 0 Å². The van der Waals surface area contributed by atoms with Gasteiger partial charge in [0, 0.05) is 35.3 Å². The van der Waals surface area contributed by atoms with Crippen molar-refractivity contribution >= 4 is 16.8 Å². The van der Waals surface area contributed by atoms with Gasteiger partial charge in [0.05, 0.1) is 5.56 Å². The molecule has 4 rings (SSSR count). The summed E-state index contributed by atoms with van der Waals surface area (Å²) in [5.74, 6) is 0.348. The van der Waals surface area contributed by atoms with E-state index in [0.29, 0.717) is 19.6 Å². The van der Waals surface area contributed by atoms with Crippen molar-refractivity contribution < 1.29 is 22.7 Å². The summed E-state index contributed by atoms with van der Waals surface area (Å²) < 4.78 is 43.8. The SMILES string of the molecule is O=C(NCCc1c[nH]c2cc(OCc3ccccc3)ccc12)c1ccc(C(F)(F)F)cc1. The Kier molecular flexibility index (Phi) is 6.16. The molecule has 0 unspecified atom stereocenters. The van der Waals surface area contributed by atoms with Crippen molar-refractivity contribution in [1.29, 1.82) is 0 Å². The predicted molar refractivity (Wildman–Crippen MR) is 117 cm³/mol. The summed E-state index contributed by atoms with van der Waals surface area (Å²) in [6.07, 6.45) is -1.96. The van der Waals surface area contributed by atoms with Gasteiger partial charge in [0.25, 0.3) is 5.91 Å². The van der Waals surface area contributed by atoms with E-state index >= 15 is 0 Å². The average molecular weight is 438 g/mol. The van der Waals surface area contributed by atoms with Gasteiger partial charge >= 0.3 is 6.18 Å². The molecular formula is C25H21F3N2O2. The number of fused-ring (bicyclic) bond motifs is 1. The number of hydrogen-bond donors (Lipinski definition) is 2. The zero-order valence-electron chi connectivity index (χ0n) is 17.1. The van der Waals surface area contributed by atoms with Gasteiger partial charge in [-0.25, -0.2) is 0 Å². The summed E-state index contributed by atoms with van der Waals surface area (Å²) in [6, 6.07) is 19.9. The first-order chi connectivity index (χ1) is 15.4. The molecule has 0 atom stereocenters. The molecule has 0 fully saturated rings. The summed E-state index contributed by atoms with van der Waals surface area (Å²) in [5, 5.41) is 3.78. The summed E-state index contributed by atoms with van der Waals surface area (Å²) in [6.45, 7) is 0.842. The Morgan fingerprint density at radius 1 is 0.969 bits per heavy atom. The minimum absolute atomic E-state index is 0.192. The molecule has 1 aromatic heterocycles. The summed E-state index contributed by atoms with van der Waals surface area (Å²) in [5.41, 5.74) is 2.46. The normalized spacial score (nSPS) is 11.5. The van der Waals surface area contributed by atoms with E-state index in [4.69, 9.17) is 4.74 Å². The average Bonchev–Trinajstić information content (AvgIpc) is 3.20. The Labute approximate surface area is 183 Å². The van der Waals surface area contributed by atoms with Gasteiger partial charge in [-0.05, 0) is 53.9 Å². The van der Waals surface area contributed by atoms with Crippen LogP contribution in [0.3, 0.4) is 0 Å². The highest BCUT2D eigenvalue weighted by molar-refractivity contribution is 5.94. The molecule has 4 aromatic rings. The van der Waals surface area contributed by atoms with E-state index in [2.05, 4.69) is 10.3 Å². The molecule has 7 heteroatoms. The highest BCUT2D eigenvalue weighted by atomic mass is 19.4. The third-order valence-corrected chi connectivity index (χ3v) is 5.14. The summed E-state index contributed by atoms with van der Waals surface area (Å²) in [7, 11) is 0. The number of nitrogens with one attached hydrogen (secondary N) is 2. The van der Waals surface area contributed by atoms with Crippen LogP contribution in [0.5, 0.6) is 5.75 Å². The number of hydrogen-bond acceptors (Lipinski definition) is 2. The predicted octanol–water partition coefficient (Wildman–Crippen LogP) is 5.74. The lowest BCUT2D eigenvalue weighted by Gasteiger charge is -2.08. The van der Waals surface area contributed by atoms with Crippen LogP contribution in [0.2, 0.25) is 0 Å². The Balaban J connectivity index is 1.33. The van der Waals surface area contributed by atoms with Gasteiger partial charge in [0.1, 0.15) is 12.4 Å². The van der Waals surface area contributed by atoms with Crippen LogP contribution in [0.25, 0.3) is 10.9 Å². The third kappa shape index (κ3) is 5.11. The number of aromatic nitrogens is 1. The molecule has 4 nitrogen and oxygen atoms in total. The van der Waals surface area contributed by atoms with Crippen molar-refractivity contribution in [3.63, 3.8) is 0 Å². The monoisotopic (exact) mass is 438 g/mol. The van der Waals surface area contributed by atoms with Gasteiger partial charge in [-0.2, -0.15) is 13.2 Å². The number of carbonyl (C=O) groups excluding carboxylic acids is 1. The molecule has 0 aliphatic heterocycles. The Hall–Kier alpha value is -3.74. The third-order valence-electron chi connectivity index (χ3n) is 5.14. The highest BCUT2D eigenvalue weighted by Crippen LogP contribution is 2.29. The first-order valence-electron chi connectivity index (χ1n) is 10.1. The lowest BCUT2D eigenvalue weighted by molar-refractivity contribution is -0.137. The second-order valence-electron chi connectivity index (χ2n) is 7.38. The number of H-pyrrole nitrogens is 1. The Morgan fingerprint density at radius 2 is 1.72 bits per heavy atom. The fourth-order valence-corrected chi connectivity index (χ4v) is 3.43. The number of carbonyl (C=O) groups is 1. The number of benzene rings is 3. The molecule has 2 N–H and O–H groups in total. The minimum atomic E-state index is -4.42. The molecule has 0 saturated heterocycles. The Morgan fingerprint density at radius 3 is 2.44 bits per heavy atom. The van der Waals surface area contributed by atoms with Crippen LogP contribution >= 0.6 is 0 Å². The molecule has 1 heterocycles. The van der Waals surface area contributed by atoms with Gasteiger partial charge in [0.15, 0.2) is 0 Å². The number of aromatic amines is 1. The van der Waals surface area contributed by atoms with Crippen LogP contribution in [0.15, 0.2) is 79.0 Å². The molecule has 1 amide bonds. The van der Waals surface area contributed by atoms with E-state index in [1.807, 2.05) is 54.7 Å². The summed E-state index contributed by atoms with van der Waals surface area (Å²) in [4.78, 5) is 15.4. The van der Waals surface area contributed by atoms with E-state index in [-0.39, 0.29) is 5.56 Å². The van der Waals surface area contributed by atoms with Crippen molar-refractivity contribution in [2.24, 2.45) is 0 Å². The molecule has 3 aromatic carbocycles. The lowest BCUT2D eigenvalue weighted by Crippen LogP contribution is -2.25. The van der Waals surface area contributed by atoms with E-state index in [1.165, 1.54) is 12.1 Å². The quantitative estimate of drug-likeness (QED) is 0.387. The first kappa shape index (κ1) is 21.5. The molecule has 0 aliphatic rings. The fraction of sp³-hybridized carbons (Fsp3) is 0.160. The largest absolute Gasteiger partial charge is 0.489 e. The number of ether oxygens (including phenoxy) is 1. The van der Waals surface area contributed by atoms with E-state index in [0.717, 1.165) is 39.9 Å². The molecule has 32 heavy (non-hydrogen) atoms. The number of rotatable bonds is 7. The van der Waals surface area contributed by atoms with E-state index in [9.17, 15) is 18.0 Å². The maximum atomic E-state index is 12.6. The van der Waals surface area contributed by atoms with Gasteiger partial charge < -0.3 is 15.0 Å². The van der Waals surface area contributed by atoms with Crippen LogP contribution in [-0.4, -0.2) is 17.4 Å². The fourth-order valence-electron chi connectivity index (χ4n) is 3.43.